The van der Waals surface area contributed by atoms with Crippen LogP contribution in [0.4, 0.5) is 5.69 Å². The van der Waals surface area contributed by atoms with Crippen LogP contribution < -0.4 is 4.74 Å². The Balaban J connectivity index is 1.56. The Labute approximate surface area is 222 Å². The van der Waals surface area contributed by atoms with Gasteiger partial charge in [-0.2, -0.15) is 0 Å². The molecule has 3 aromatic rings. The monoisotopic (exact) mass is 586 g/mol. The van der Waals surface area contributed by atoms with Gasteiger partial charge in [-0.05, 0) is 66.2 Å². The number of nitro groups is 1. The van der Waals surface area contributed by atoms with Crippen molar-refractivity contribution in [3.05, 3.63) is 114 Å². The number of halogens is 3. The standard InChI is InChI=1S/C25H13BrCl2N2O6/c26-16-4-9-22(35-23(31)10-3-14-1-6-18(7-2-14)30(33)34)15(11-16)12-21-25(32)36-24(29-21)19-8-5-17(27)13-20(19)28/h1-13H/b10-3+,21-12-. The SMILES string of the molecule is O=C(/C=C/c1ccc([N+](=O)[O-])cc1)Oc1ccc(Br)cc1/C=C1\N=C(c2ccc(Cl)cc2Cl)OC1=O. The molecule has 0 atom stereocenters. The van der Waals surface area contributed by atoms with Crippen molar-refractivity contribution in [2.75, 3.05) is 0 Å². The molecule has 0 saturated carbocycles. The Kier molecular flexibility index (Phi) is 7.64. The molecule has 8 nitrogen and oxygen atoms in total. The number of nitrogens with zero attached hydrogens (tertiary/aromatic N) is 2. The zero-order valence-corrected chi connectivity index (χ0v) is 21.1. The van der Waals surface area contributed by atoms with E-state index in [1.54, 1.807) is 30.3 Å². The van der Waals surface area contributed by atoms with Crippen LogP contribution in [0.25, 0.3) is 12.2 Å². The summed E-state index contributed by atoms with van der Waals surface area (Å²) in [5.74, 6) is -1.20. The summed E-state index contributed by atoms with van der Waals surface area (Å²) in [7, 11) is 0. The second-order valence-electron chi connectivity index (χ2n) is 7.25. The molecule has 0 aromatic heterocycles. The maximum absolute atomic E-state index is 12.4. The summed E-state index contributed by atoms with van der Waals surface area (Å²) in [6.07, 6.45) is 4.07. The summed E-state index contributed by atoms with van der Waals surface area (Å²) >= 11 is 15.5. The van der Waals surface area contributed by atoms with E-state index < -0.39 is 16.9 Å². The Morgan fingerprint density at radius 2 is 1.83 bits per heavy atom. The van der Waals surface area contributed by atoms with E-state index in [2.05, 4.69) is 20.9 Å². The summed E-state index contributed by atoms with van der Waals surface area (Å²) in [6, 6.07) is 15.2. The number of nitro benzene ring substituents is 1. The van der Waals surface area contributed by atoms with Crippen molar-refractivity contribution in [2.24, 2.45) is 4.99 Å². The molecule has 0 spiro atoms. The van der Waals surface area contributed by atoms with E-state index in [1.165, 1.54) is 48.6 Å². The molecule has 0 fully saturated rings. The zero-order valence-electron chi connectivity index (χ0n) is 18.0. The first kappa shape index (κ1) is 25.3. The first-order chi connectivity index (χ1) is 17.2. The molecule has 1 aliphatic rings. The van der Waals surface area contributed by atoms with Crippen molar-refractivity contribution < 1.29 is 24.0 Å². The van der Waals surface area contributed by atoms with Gasteiger partial charge >= 0.3 is 11.9 Å². The summed E-state index contributed by atoms with van der Waals surface area (Å²) in [5, 5.41) is 11.5. The van der Waals surface area contributed by atoms with Crippen LogP contribution in [0.1, 0.15) is 16.7 Å². The summed E-state index contributed by atoms with van der Waals surface area (Å²) < 4.78 is 11.4. The van der Waals surface area contributed by atoms with Crippen molar-refractivity contribution in [2.45, 2.75) is 0 Å². The Bertz CT molecular complexity index is 1480. The maximum atomic E-state index is 12.4. The highest BCUT2D eigenvalue weighted by atomic mass is 79.9. The summed E-state index contributed by atoms with van der Waals surface area (Å²) in [4.78, 5) is 39.3. The fraction of sp³-hybridized carbons (Fsp3) is 0. The molecule has 0 bridgehead atoms. The third kappa shape index (κ3) is 6.06. The molecule has 0 N–H and O–H groups in total. The highest BCUT2D eigenvalue weighted by molar-refractivity contribution is 9.10. The highest BCUT2D eigenvalue weighted by Gasteiger charge is 2.26. The van der Waals surface area contributed by atoms with Gasteiger partial charge in [0.1, 0.15) is 5.75 Å². The Hall–Kier alpha value is -3.79. The molecule has 0 unspecified atom stereocenters. The fourth-order valence-corrected chi connectivity index (χ4v) is 3.94. The average molecular weight is 588 g/mol. The second-order valence-corrected chi connectivity index (χ2v) is 9.00. The van der Waals surface area contributed by atoms with E-state index >= 15 is 0 Å². The van der Waals surface area contributed by atoms with E-state index in [9.17, 15) is 19.7 Å². The third-order valence-corrected chi connectivity index (χ3v) is 5.81. The average Bonchev–Trinajstić information content (AvgIpc) is 3.19. The number of rotatable bonds is 6. The molecular formula is C25H13BrCl2N2O6. The van der Waals surface area contributed by atoms with Crippen molar-refractivity contribution >= 4 is 74.8 Å². The van der Waals surface area contributed by atoms with Crippen LogP contribution in [0.3, 0.4) is 0 Å². The fourth-order valence-electron chi connectivity index (χ4n) is 3.07. The molecule has 0 aliphatic carbocycles. The van der Waals surface area contributed by atoms with E-state index in [4.69, 9.17) is 32.7 Å². The number of hydrogen-bond donors (Lipinski definition) is 0. The van der Waals surface area contributed by atoms with E-state index in [0.29, 0.717) is 26.2 Å². The van der Waals surface area contributed by atoms with Crippen LogP contribution in [0, 0.1) is 10.1 Å². The van der Waals surface area contributed by atoms with Gasteiger partial charge in [-0.3, -0.25) is 10.1 Å². The number of non-ortho nitro benzene ring substituents is 1. The van der Waals surface area contributed by atoms with Gasteiger partial charge in [0.2, 0.25) is 5.90 Å². The number of ether oxygens (including phenoxy) is 2. The lowest BCUT2D eigenvalue weighted by molar-refractivity contribution is -0.384. The van der Waals surface area contributed by atoms with Gasteiger partial charge in [-0.15, -0.1) is 0 Å². The van der Waals surface area contributed by atoms with Gasteiger partial charge in [0, 0.05) is 33.3 Å². The van der Waals surface area contributed by atoms with Crippen LogP contribution in [0.5, 0.6) is 5.75 Å². The van der Waals surface area contributed by atoms with Crippen LogP contribution in [-0.4, -0.2) is 22.8 Å². The van der Waals surface area contributed by atoms with Crippen LogP contribution in [0.15, 0.2) is 81.9 Å². The number of cyclic esters (lactones) is 1. The molecule has 1 aliphatic heterocycles. The predicted octanol–water partition coefficient (Wildman–Crippen LogP) is 6.63. The van der Waals surface area contributed by atoms with Crippen molar-refractivity contribution in [3.8, 4) is 5.75 Å². The van der Waals surface area contributed by atoms with Gasteiger partial charge in [-0.1, -0.05) is 39.1 Å². The smallest absolute Gasteiger partial charge is 0.363 e. The molecule has 180 valence electrons. The molecule has 0 saturated heterocycles. The number of benzene rings is 3. The number of hydrogen-bond acceptors (Lipinski definition) is 7. The zero-order chi connectivity index (χ0) is 25.8. The molecule has 0 radical (unpaired) electrons. The van der Waals surface area contributed by atoms with Gasteiger partial charge in [0.05, 0.1) is 15.5 Å². The van der Waals surface area contributed by atoms with Crippen molar-refractivity contribution in [1.29, 1.82) is 0 Å². The number of carbonyl (C=O) groups is 2. The largest absolute Gasteiger partial charge is 0.423 e. The van der Waals surface area contributed by atoms with Gasteiger partial charge in [-0.25, -0.2) is 14.6 Å². The first-order valence-electron chi connectivity index (χ1n) is 10.1. The lowest BCUT2D eigenvalue weighted by Gasteiger charge is -2.06. The van der Waals surface area contributed by atoms with Gasteiger partial charge in [0.15, 0.2) is 5.70 Å². The molecular weight excluding hydrogens is 575 g/mol. The minimum absolute atomic E-state index is 0.0205. The van der Waals surface area contributed by atoms with Crippen molar-refractivity contribution in [1.82, 2.24) is 0 Å². The third-order valence-electron chi connectivity index (χ3n) is 4.77. The molecule has 3 aromatic carbocycles. The quantitative estimate of drug-likeness (QED) is 0.105. The molecule has 0 amide bonds. The van der Waals surface area contributed by atoms with Gasteiger partial charge in [0.25, 0.3) is 5.69 Å². The summed E-state index contributed by atoms with van der Waals surface area (Å²) in [6.45, 7) is 0. The highest BCUT2D eigenvalue weighted by Crippen LogP contribution is 2.30. The number of esters is 2. The normalized spacial score (nSPS) is 14.1. The van der Waals surface area contributed by atoms with E-state index in [1.807, 2.05) is 0 Å². The van der Waals surface area contributed by atoms with E-state index in [0.717, 1.165) is 0 Å². The number of aliphatic imine (C=N–C) groups is 1. The van der Waals surface area contributed by atoms with Crippen molar-refractivity contribution in [3.63, 3.8) is 0 Å². The minimum Gasteiger partial charge on any atom is -0.423 e. The summed E-state index contributed by atoms with van der Waals surface area (Å²) in [5.41, 5.74) is 1.28. The maximum Gasteiger partial charge on any atom is 0.363 e. The minimum atomic E-state index is -0.702. The topological polar surface area (TPSA) is 108 Å². The lowest BCUT2D eigenvalue weighted by Crippen LogP contribution is -2.06. The second kappa shape index (κ2) is 10.9. The van der Waals surface area contributed by atoms with Crippen LogP contribution in [-0.2, 0) is 14.3 Å². The van der Waals surface area contributed by atoms with Crippen LogP contribution in [0.2, 0.25) is 10.0 Å². The number of carbonyl (C=O) groups excluding carboxylic acids is 2. The molecule has 36 heavy (non-hydrogen) atoms. The first-order valence-corrected chi connectivity index (χ1v) is 11.7. The van der Waals surface area contributed by atoms with E-state index in [-0.39, 0.29) is 28.1 Å². The molecule has 1 heterocycles. The Morgan fingerprint density at radius 3 is 2.53 bits per heavy atom. The predicted molar refractivity (Wildman–Crippen MR) is 139 cm³/mol. The molecule has 4 rings (SSSR count). The lowest BCUT2D eigenvalue weighted by atomic mass is 10.1. The molecule has 11 heteroatoms. The van der Waals surface area contributed by atoms with Crippen LogP contribution >= 0.6 is 39.1 Å². The Morgan fingerprint density at radius 1 is 1.08 bits per heavy atom. The van der Waals surface area contributed by atoms with Gasteiger partial charge < -0.3 is 9.47 Å².